The number of rotatable bonds is 5. The van der Waals surface area contributed by atoms with Gasteiger partial charge in [-0.05, 0) is 13.1 Å². The maximum absolute atomic E-state index is 5.75. The lowest BCUT2D eigenvalue weighted by atomic mass is 10.4. The highest BCUT2D eigenvalue weighted by molar-refractivity contribution is 4.60. The number of methoxy groups -OCH3 is 1. The molecule has 0 spiro atoms. The minimum absolute atomic E-state index is 0.0556. The van der Waals surface area contributed by atoms with Gasteiger partial charge in [0.2, 0.25) is 0 Å². The van der Waals surface area contributed by atoms with Gasteiger partial charge in [-0.3, -0.25) is 4.90 Å². The minimum atomic E-state index is 0.0556. The number of likely N-dealkylation sites (N-methyl/N-ethyl adjacent to an activating group) is 1. The topological polar surface area (TPSA) is 38.5 Å². The second kappa shape index (κ2) is 5.65. The molecule has 0 aromatic carbocycles. The van der Waals surface area contributed by atoms with Crippen LogP contribution >= 0.6 is 0 Å². The predicted octanol–water partition coefficient (Wildman–Crippen LogP) is 0.259. The van der Waals surface area contributed by atoms with Crippen molar-refractivity contribution >= 4 is 0 Å². The van der Waals surface area contributed by atoms with E-state index in [4.69, 9.17) is 10.5 Å². The zero-order valence-corrected chi connectivity index (χ0v) is 7.13. The smallest absolute Gasteiger partial charge is 0.0812 e. The molecule has 1 atom stereocenters. The largest absolute Gasteiger partial charge is 0.382 e. The van der Waals surface area contributed by atoms with Crippen LogP contribution in [-0.4, -0.2) is 37.9 Å². The molecular formula is C7H18N2O. The molecular weight excluding hydrogens is 128 g/mol. The van der Waals surface area contributed by atoms with Crippen molar-refractivity contribution in [2.45, 2.75) is 20.0 Å². The Morgan fingerprint density at radius 3 is 2.20 bits per heavy atom. The van der Waals surface area contributed by atoms with E-state index in [1.807, 2.05) is 0 Å². The number of hydrogen-bond acceptors (Lipinski definition) is 3. The first-order valence-corrected chi connectivity index (χ1v) is 3.74. The summed E-state index contributed by atoms with van der Waals surface area (Å²) >= 11 is 0. The van der Waals surface area contributed by atoms with Crippen LogP contribution in [0.2, 0.25) is 0 Å². The Labute approximate surface area is 63.1 Å². The Kier molecular flexibility index (Phi) is 5.58. The van der Waals surface area contributed by atoms with Crippen molar-refractivity contribution in [2.75, 3.05) is 26.8 Å². The summed E-state index contributed by atoms with van der Waals surface area (Å²) in [6, 6.07) is 0. The Morgan fingerprint density at radius 1 is 1.40 bits per heavy atom. The van der Waals surface area contributed by atoms with Crippen LogP contribution in [-0.2, 0) is 4.74 Å². The summed E-state index contributed by atoms with van der Waals surface area (Å²) in [5.41, 5.74) is 5.75. The average Bonchev–Trinajstić information content (AvgIpc) is 1.91. The van der Waals surface area contributed by atoms with Gasteiger partial charge < -0.3 is 10.5 Å². The van der Waals surface area contributed by atoms with Gasteiger partial charge in [-0.25, -0.2) is 0 Å². The fourth-order valence-electron chi connectivity index (χ4n) is 0.969. The Balaban J connectivity index is 3.53. The highest BCUT2D eigenvalue weighted by Gasteiger charge is 2.08. The van der Waals surface area contributed by atoms with Gasteiger partial charge >= 0.3 is 0 Å². The molecule has 0 saturated carbocycles. The summed E-state index contributed by atoms with van der Waals surface area (Å²) in [5, 5.41) is 0. The molecule has 0 rings (SSSR count). The number of nitrogens with two attached hydrogens (primary N) is 1. The molecule has 0 bridgehead atoms. The van der Waals surface area contributed by atoms with Gasteiger partial charge in [0.1, 0.15) is 0 Å². The van der Waals surface area contributed by atoms with Gasteiger partial charge in [-0.2, -0.15) is 0 Å². The zero-order chi connectivity index (χ0) is 7.98. The van der Waals surface area contributed by atoms with E-state index in [0.29, 0.717) is 6.61 Å². The summed E-state index contributed by atoms with van der Waals surface area (Å²) in [5.74, 6) is 0. The first-order chi connectivity index (χ1) is 4.76. The molecule has 0 aromatic heterocycles. The third kappa shape index (κ3) is 3.15. The van der Waals surface area contributed by atoms with Crippen molar-refractivity contribution in [3.05, 3.63) is 0 Å². The molecule has 3 nitrogen and oxygen atoms in total. The van der Waals surface area contributed by atoms with Crippen molar-refractivity contribution in [3.8, 4) is 0 Å². The molecule has 10 heavy (non-hydrogen) atoms. The van der Waals surface area contributed by atoms with E-state index in [-0.39, 0.29) is 6.17 Å². The molecule has 0 saturated heterocycles. The SMILES string of the molecule is CCN(CC)C(N)COC. The van der Waals surface area contributed by atoms with E-state index in [1.165, 1.54) is 0 Å². The maximum Gasteiger partial charge on any atom is 0.0812 e. The van der Waals surface area contributed by atoms with Gasteiger partial charge in [0.25, 0.3) is 0 Å². The summed E-state index contributed by atoms with van der Waals surface area (Å²) in [4.78, 5) is 2.16. The van der Waals surface area contributed by atoms with Crippen molar-refractivity contribution in [1.29, 1.82) is 0 Å². The minimum Gasteiger partial charge on any atom is -0.382 e. The molecule has 2 N–H and O–H groups in total. The summed E-state index contributed by atoms with van der Waals surface area (Å²) in [7, 11) is 1.67. The molecule has 0 aliphatic heterocycles. The van der Waals surface area contributed by atoms with Gasteiger partial charge in [-0.15, -0.1) is 0 Å². The Bertz CT molecular complexity index is 74.0. The van der Waals surface area contributed by atoms with Crippen LogP contribution in [0.1, 0.15) is 13.8 Å². The molecule has 0 amide bonds. The van der Waals surface area contributed by atoms with Crippen molar-refractivity contribution in [2.24, 2.45) is 5.73 Å². The second-order valence-corrected chi connectivity index (χ2v) is 2.24. The van der Waals surface area contributed by atoms with Crippen LogP contribution in [0.3, 0.4) is 0 Å². The molecule has 0 radical (unpaired) electrons. The first kappa shape index (κ1) is 9.88. The highest BCUT2D eigenvalue weighted by atomic mass is 16.5. The molecule has 0 aliphatic rings. The fraction of sp³-hybridized carbons (Fsp3) is 1.00. The van der Waals surface area contributed by atoms with Gasteiger partial charge in [0.15, 0.2) is 0 Å². The third-order valence-corrected chi connectivity index (χ3v) is 1.62. The second-order valence-electron chi connectivity index (χ2n) is 2.24. The van der Waals surface area contributed by atoms with E-state index < -0.39 is 0 Å². The number of nitrogens with zero attached hydrogens (tertiary/aromatic N) is 1. The fourth-order valence-corrected chi connectivity index (χ4v) is 0.969. The molecule has 0 fully saturated rings. The lowest BCUT2D eigenvalue weighted by Gasteiger charge is -2.24. The number of ether oxygens (including phenoxy) is 1. The van der Waals surface area contributed by atoms with Crippen LogP contribution in [0.25, 0.3) is 0 Å². The van der Waals surface area contributed by atoms with E-state index in [1.54, 1.807) is 7.11 Å². The summed E-state index contributed by atoms with van der Waals surface area (Å²) in [6.07, 6.45) is 0.0556. The quantitative estimate of drug-likeness (QED) is 0.565. The Hall–Kier alpha value is -0.120. The van der Waals surface area contributed by atoms with Crippen LogP contribution < -0.4 is 5.73 Å². The van der Waals surface area contributed by atoms with Gasteiger partial charge in [0.05, 0.1) is 12.8 Å². The maximum atomic E-state index is 5.75. The van der Waals surface area contributed by atoms with E-state index in [9.17, 15) is 0 Å². The molecule has 1 unspecified atom stereocenters. The van der Waals surface area contributed by atoms with Crippen molar-refractivity contribution in [3.63, 3.8) is 0 Å². The molecule has 0 aliphatic carbocycles. The van der Waals surface area contributed by atoms with E-state index >= 15 is 0 Å². The lowest BCUT2D eigenvalue weighted by molar-refractivity contribution is 0.0999. The van der Waals surface area contributed by atoms with E-state index in [0.717, 1.165) is 13.1 Å². The highest BCUT2D eigenvalue weighted by Crippen LogP contribution is 1.91. The van der Waals surface area contributed by atoms with Crippen LogP contribution in [0.5, 0.6) is 0 Å². The van der Waals surface area contributed by atoms with Gasteiger partial charge in [0, 0.05) is 7.11 Å². The zero-order valence-electron chi connectivity index (χ0n) is 7.13. The third-order valence-electron chi connectivity index (χ3n) is 1.62. The normalized spacial score (nSPS) is 14.1. The number of hydrogen-bond donors (Lipinski definition) is 1. The summed E-state index contributed by atoms with van der Waals surface area (Å²) < 4.78 is 4.92. The molecule has 0 heterocycles. The standard InChI is InChI=1S/C7H18N2O/c1-4-9(5-2)7(8)6-10-3/h7H,4-6,8H2,1-3H3. The molecule has 3 heteroatoms. The Morgan fingerprint density at radius 2 is 1.90 bits per heavy atom. The monoisotopic (exact) mass is 146 g/mol. The first-order valence-electron chi connectivity index (χ1n) is 3.74. The van der Waals surface area contributed by atoms with Crippen molar-refractivity contribution < 1.29 is 4.74 Å². The van der Waals surface area contributed by atoms with Gasteiger partial charge in [-0.1, -0.05) is 13.8 Å². The van der Waals surface area contributed by atoms with Crippen molar-refractivity contribution in [1.82, 2.24) is 4.90 Å². The van der Waals surface area contributed by atoms with E-state index in [2.05, 4.69) is 18.7 Å². The molecule has 0 aromatic rings. The predicted molar refractivity (Wildman–Crippen MR) is 42.8 cm³/mol. The average molecular weight is 146 g/mol. The lowest BCUT2D eigenvalue weighted by Crippen LogP contribution is -2.44. The van der Waals surface area contributed by atoms with Crippen LogP contribution in [0, 0.1) is 0 Å². The summed E-state index contributed by atoms with van der Waals surface area (Å²) in [6.45, 7) is 6.78. The van der Waals surface area contributed by atoms with Crippen LogP contribution in [0.4, 0.5) is 0 Å². The molecule has 62 valence electrons. The van der Waals surface area contributed by atoms with Crippen LogP contribution in [0.15, 0.2) is 0 Å².